The summed E-state index contributed by atoms with van der Waals surface area (Å²) >= 11 is 0. The van der Waals surface area contributed by atoms with Gasteiger partial charge in [-0.25, -0.2) is 4.79 Å². The Bertz CT molecular complexity index is 1580. The standard InChI is InChI=1S/C45H77N3O13/c1-15-33-44(10,54)37(50)29(6)46-24-25(2)22-42(8,53)38(27(4)36(28(5)39(51)59-33)60-34-23-43(9,56-14)45(11,55)30(7)58-34)61-40-35(49)32(21-26(3)57-40)48(13)41(52)47(12)31-19-17-16-18-20-31/h16-20,25-30,32-38,40,46,49-50,53-55H,15,21-24H2,1-14H3/t25-,26-,27+,28-,29-,30+,32+,33-,34+,35-,36+,37-,38-,40+,42-,43-,44-,45+/m1/s1. The molecule has 3 saturated heterocycles. The summed E-state index contributed by atoms with van der Waals surface area (Å²) in [4.78, 5) is 31.2. The fourth-order valence-electron chi connectivity index (χ4n) is 9.51. The number of benzene rings is 1. The Labute approximate surface area is 363 Å². The molecule has 16 heteroatoms. The number of carbonyl (C=O) groups excluding carboxylic acids is 2. The number of aliphatic hydroxyl groups excluding tert-OH is 2. The van der Waals surface area contributed by atoms with Crippen molar-refractivity contribution >= 4 is 17.7 Å². The Balaban J connectivity index is 1.79. The van der Waals surface area contributed by atoms with Gasteiger partial charge < -0.3 is 64.2 Å². The molecule has 0 bridgehead atoms. The van der Waals surface area contributed by atoms with E-state index in [-0.39, 0.29) is 31.2 Å². The molecule has 0 unspecified atom stereocenters. The largest absolute Gasteiger partial charge is 0.459 e. The van der Waals surface area contributed by atoms with Crippen LogP contribution in [-0.2, 0) is 33.2 Å². The van der Waals surface area contributed by atoms with E-state index in [0.29, 0.717) is 18.7 Å². The lowest BCUT2D eigenvalue weighted by Gasteiger charge is -2.52. The van der Waals surface area contributed by atoms with Gasteiger partial charge in [0.1, 0.15) is 35.1 Å². The van der Waals surface area contributed by atoms with E-state index >= 15 is 0 Å². The molecule has 3 fully saturated rings. The first-order valence-electron chi connectivity index (χ1n) is 21.9. The molecule has 3 heterocycles. The lowest BCUT2D eigenvalue weighted by Crippen LogP contribution is -2.65. The van der Waals surface area contributed by atoms with E-state index in [0.717, 1.165) is 0 Å². The molecule has 3 aliphatic rings. The quantitative estimate of drug-likeness (QED) is 0.207. The van der Waals surface area contributed by atoms with Crippen molar-refractivity contribution in [2.75, 3.05) is 32.6 Å². The minimum absolute atomic E-state index is 0.0638. The molecule has 3 aliphatic heterocycles. The van der Waals surface area contributed by atoms with Crippen LogP contribution in [0.4, 0.5) is 10.5 Å². The number of likely N-dealkylation sites (N-methyl/N-ethyl adjacent to an activating group) is 1. The van der Waals surface area contributed by atoms with Crippen LogP contribution in [0.2, 0.25) is 0 Å². The van der Waals surface area contributed by atoms with Gasteiger partial charge in [-0.1, -0.05) is 39.0 Å². The molecule has 4 rings (SSSR count). The monoisotopic (exact) mass is 868 g/mol. The van der Waals surface area contributed by atoms with Crippen molar-refractivity contribution in [2.24, 2.45) is 17.8 Å². The van der Waals surface area contributed by atoms with Crippen molar-refractivity contribution in [3.05, 3.63) is 30.3 Å². The number of urea groups is 1. The number of hydrogen-bond acceptors (Lipinski definition) is 14. The zero-order chi connectivity index (χ0) is 46.0. The first-order valence-corrected chi connectivity index (χ1v) is 21.9. The number of esters is 1. The normalized spacial score (nSPS) is 44.6. The molecule has 0 radical (unpaired) electrons. The number of ether oxygens (including phenoxy) is 6. The average Bonchev–Trinajstić information content (AvgIpc) is 3.21. The van der Waals surface area contributed by atoms with Crippen molar-refractivity contribution in [1.82, 2.24) is 10.2 Å². The van der Waals surface area contributed by atoms with E-state index < -0.39 is 108 Å². The minimum Gasteiger partial charge on any atom is -0.459 e. The summed E-state index contributed by atoms with van der Waals surface area (Å²) in [6.45, 7) is 19.1. The summed E-state index contributed by atoms with van der Waals surface area (Å²) in [5.41, 5.74) is -5.39. The highest BCUT2D eigenvalue weighted by atomic mass is 16.7. The molecule has 2 amide bonds. The fraction of sp³-hybridized carbons (Fsp3) is 0.822. The fourth-order valence-corrected chi connectivity index (χ4v) is 9.51. The molecule has 0 aromatic heterocycles. The van der Waals surface area contributed by atoms with Crippen molar-refractivity contribution in [3.63, 3.8) is 0 Å². The third-order valence-corrected chi connectivity index (χ3v) is 14.0. The zero-order valence-electron chi connectivity index (χ0n) is 38.9. The van der Waals surface area contributed by atoms with Crippen LogP contribution in [0.3, 0.4) is 0 Å². The van der Waals surface area contributed by atoms with Crippen LogP contribution in [0.15, 0.2) is 30.3 Å². The van der Waals surface area contributed by atoms with Gasteiger partial charge in [-0.3, -0.25) is 9.69 Å². The molecule has 6 N–H and O–H groups in total. The van der Waals surface area contributed by atoms with Crippen LogP contribution < -0.4 is 10.2 Å². The third kappa shape index (κ3) is 11.1. The second kappa shape index (κ2) is 20.1. The number of carbonyl (C=O) groups is 2. The number of aliphatic hydroxyl groups is 5. The number of para-hydroxylation sites is 1. The average molecular weight is 868 g/mol. The highest BCUT2D eigenvalue weighted by molar-refractivity contribution is 5.91. The van der Waals surface area contributed by atoms with Crippen LogP contribution >= 0.6 is 0 Å². The Morgan fingerprint density at radius 3 is 2.15 bits per heavy atom. The molecular weight excluding hydrogens is 791 g/mol. The Morgan fingerprint density at radius 1 is 0.934 bits per heavy atom. The van der Waals surface area contributed by atoms with Gasteiger partial charge in [0.05, 0.1) is 42.0 Å². The number of nitrogens with one attached hydrogen (secondary N) is 1. The zero-order valence-corrected chi connectivity index (χ0v) is 38.9. The number of anilines is 1. The molecule has 0 aliphatic carbocycles. The van der Waals surface area contributed by atoms with Gasteiger partial charge in [-0.05, 0) is 99.2 Å². The van der Waals surface area contributed by atoms with Crippen LogP contribution in [0.25, 0.3) is 0 Å². The molecule has 1 aromatic rings. The maximum absolute atomic E-state index is 14.4. The Hall–Kier alpha value is -2.48. The van der Waals surface area contributed by atoms with E-state index in [1.807, 2.05) is 44.2 Å². The predicted octanol–water partition coefficient (Wildman–Crippen LogP) is 3.58. The lowest BCUT2D eigenvalue weighted by atomic mass is 9.76. The second-order valence-electron chi connectivity index (χ2n) is 19.1. The van der Waals surface area contributed by atoms with Gasteiger partial charge >= 0.3 is 12.0 Å². The first-order chi connectivity index (χ1) is 28.2. The van der Waals surface area contributed by atoms with Gasteiger partial charge in [0.2, 0.25) is 0 Å². The lowest BCUT2D eigenvalue weighted by molar-refractivity contribution is -0.334. The van der Waals surface area contributed by atoms with Crippen molar-refractivity contribution in [1.29, 1.82) is 0 Å². The first kappa shape index (κ1) is 51.2. The van der Waals surface area contributed by atoms with Crippen molar-refractivity contribution in [3.8, 4) is 0 Å². The van der Waals surface area contributed by atoms with Crippen LogP contribution in [0.5, 0.6) is 0 Å². The summed E-state index contributed by atoms with van der Waals surface area (Å²) in [6, 6.07) is 7.42. The van der Waals surface area contributed by atoms with Crippen LogP contribution in [0, 0.1) is 17.8 Å². The summed E-state index contributed by atoms with van der Waals surface area (Å²) in [7, 11) is 4.77. The topological polar surface area (TPSA) is 209 Å². The van der Waals surface area contributed by atoms with Gasteiger partial charge in [0.15, 0.2) is 12.6 Å². The molecule has 16 nitrogen and oxygen atoms in total. The number of amides is 2. The van der Waals surface area contributed by atoms with E-state index in [1.54, 1.807) is 69.5 Å². The molecule has 350 valence electrons. The van der Waals surface area contributed by atoms with Crippen LogP contribution in [-0.4, -0.2) is 160 Å². The maximum atomic E-state index is 14.4. The maximum Gasteiger partial charge on any atom is 0.324 e. The SMILES string of the molecule is CC[C@H]1OC(=O)[C@H](C)[C@@H](O[C@H]2C[C@@](C)(OC)[C@@](C)(O)[C@H](C)O2)[C@H](C)[C@@H](O[C@@H]2O[C@H](C)C[C@H](N(C)C(=O)N(C)c3ccccc3)[C@H]2O)[C@](C)(O)C[C@@H](C)CN[C@H](C)[C@@H](O)[C@]1(C)O. The molecule has 1 aromatic carbocycles. The predicted molar refractivity (Wildman–Crippen MR) is 228 cm³/mol. The molecule has 18 atom stereocenters. The third-order valence-electron chi connectivity index (χ3n) is 14.0. The van der Waals surface area contributed by atoms with E-state index in [1.165, 1.54) is 23.8 Å². The van der Waals surface area contributed by atoms with Crippen molar-refractivity contribution < 1.29 is 63.5 Å². The van der Waals surface area contributed by atoms with E-state index in [2.05, 4.69) is 5.32 Å². The molecule has 61 heavy (non-hydrogen) atoms. The summed E-state index contributed by atoms with van der Waals surface area (Å²) in [6.07, 6.45) is -9.04. The summed E-state index contributed by atoms with van der Waals surface area (Å²) < 4.78 is 38.0. The summed E-state index contributed by atoms with van der Waals surface area (Å²) in [5.74, 6) is -2.93. The molecule has 0 saturated carbocycles. The van der Waals surface area contributed by atoms with E-state index in [9.17, 15) is 35.1 Å². The number of methoxy groups -OCH3 is 1. The number of cyclic esters (lactones) is 1. The van der Waals surface area contributed by atoms with Gasteiger partial charge in [0, 0.05) is 45.3 Å². The molecule has 0 spiro atoms. The van der Waals surface area contributed by atoms with Gasteiger partial charge in [0.25, 0.3) is 0 Å². The smallest absolute Gasteiger partial charge is 0.324 e. The van der Waals surface area contributed by atoms with Crippen molar-refractivity contribution in [2.45, 2.75) is 192 Å². The molecular formula is C45H77N3O13. The number of rotatable bonds is 8. The Kier molecular flexibility index (Phi) is 16.9. The number of hydrogen-bond donors (Lipinski definition) is 6. The van der Waals surface area contributed by atoms with Crippen LogP contribution in [0.1, 0.15) is 102 Å². The van der Waals surface area contributed by atoms with Gasteiger partial charge in [-0.2, -0.15) is 0 Å². The Morgan fingerprint density at radius 2 is 1.56 bits per heavy atom. The number of nitrogens with zero attached hydrogens (tertiary/aromatic N) is 2. The highest BCUT2D eigenvalue weighted by Crippen LogP contribution is 2.43. The second-order valence-corrected chi connectivity index (χ2v) is 19.1. The summed E-state index contributed by atoms with van der Waals surface area (Å²) in [5, 5.41) is 62.6. The van der Waals surface area contributed by atoms with E-state index in [4.69, 9.17) is 28.4 Å². The minimum atomic E-state index is -1.85. The van der Waals surface area contributed by atoms with Gasteiger partial charge in [-0.15, -0.1) is 0 Å². The highest BCUT2D eigenvalue weighted by Gasteiger charge is 2.56.